The Morgan fingerprint density at radius 1 is 1.42 bits per heavy atom. The molecule has 7 nitrogen and oxygen atoms in total. The molecule has 7 heteroatoms. The number of likely N-dealkylation sites (tertiary alicyclic amines) is 1. The van der Waals surface area contributed by atoms with Crippen molar-refractivity contribution in [1.82, 2.24) is 15.1 Å². The van der Waals surface area contributed by atoms with Crippen LogP contribution >= 0.6 is 0 Å². The standard InChI is InChI=1S/C12H21N3O4/c1-2-14(6-7-16)8-10(17)13-11(18)9-15-5-3-4-12(15)19/h16H,2-9H2,1H3,(H,13,17,18). The number of likely N-dealkylation sites (N-methyl/N-ethyl adjacent to an activating group) is 1. The molecule has 1 aliphatic heterocycles. The summed E-state index contributed by atoms with van der Waals surface area (Å²) in [4.78, 5) is 37.7. The minimum absolute atomic E-state index is 0.0304. The van der Waals surface area contributed by atoms with Crippen molar-refractivity contribution in [3.05, 3.63) is 0 Å². The Balaban J connectivity index is 2.31. The second-order valence-electron chi connectivity index (χ2n) is 4.48. The summed E-state index contributed by atoms with van der Waals surface area (Å²) >= 11 is 0. The second kappa shape index (κ2) is 7.85. The Morgan fingerprint density at radius 3 is 2.68 bits per heavy atom. The summed E-state index contributed by atoms with van der Waals surface area (Å²) in [6.45, 7) is 3.43. The molecule has 108 valence electrons. The van der Waals surface area contributed by atoms with Crippen molar-refractivity contribution in [1.29, 1.82) is 0 Å². The van der Waals surface area contributed by atoms with Crippen LogP contribution in [0.3, 0.4) is 0 Å². The molecule has 19 heavy (non-hydrogen) atoms. The van der Waals surface area contributed by atoms with Crippen molar-refractivity contribution in [3.63, 3.8) is 0 Å². The van der Waals surface area contributed by atoms with Crippen LogP contribution in [0.25, 0.3) is 0 Å². The van der Waals surface area contributed by atoms with Gasteiger partial charge in [-0.05, 0) is 13.0 Å². The number of nitrogens with one attached hydrogen (secondary N) is 1. The van der Waals surface area contributed by atoms with Gasteiger partial charge in [0.25, 0.3) is 0 Å². The Kier molecular flexibility index (Phi) is 6.44. The normalized spacial score (nSPS) is 15.1. The Morgan fingerprint density at radius 2 is 2.16 bits per heavy atom. The number of nitrogens with zero attached hydrogens (tertiary/aromatic N) is 2. The molecular formula is C12H21N3O4. The second-order valence-corrected chi connectivity index (χ2v) is 4.48. The van der Waals surface area contributed by atoms with Gasteiger partial charge in [-0.1, -0.05) is 6.92 Å². The summed E-state index contributed by atoms with van der Waals surface area (Å²) in [5.74, 6) is -0.912. The molecule has 2 N–H and O–H groups in total. The van der Waals surface area contributed by atoms with Gasteiger partial charge in [0.05, 0.1) is 19.7 Å². The van der Waals surface area contributed by atoms with Crippen molar-refractivity contribution in [3.8, 4) is 0 Å². The lowest BCUT2D eigenvalue weighted by atomic mass is 10.4. The fraction of sp³-hybridized carbons (Fsp3) is 0.750. The monoisotopic (exact) mass is 271 g/mol. The van der Waals surface area contributed by atoms with Crippen LogP contribution in [0, 0.1) is 0 Å². The van der Waals surface area contributed by atoms with Crippen LogP contribution in [0.4, 0.5) is 0 Å². The fourth-order valence-corrected chi connectivity index (χ4v) is 1.97. The average molecular weight is 271 g/mol. The molecule has 1 aliphatic rings. The number of carbonyl (C=O) groups excluding carboxylic acids is 3. The Bertz CT molecular complexity index is 346. The van der Waals surface area contributed by atoms with Crippen molar-refractivity contribution in [2.45, 2.75) is 19.8 Å². The third-order valence-electron chi connectivity index (χ3n) is 3.02. The molecule has 1 fully saturated rings. The Labute approximate surface area is 112 Å². The van der Waals surface area contributed by atoms with E-state index >= 15 is 0 Å². The molecule has 1 heterocycles. The van der Waals surface area contributed by atoms with Crippen molar-refractivity contribution in [2.24, 2.45) is 0 Å². The van der Waals surface area contributed by atoms with Crippen molar-refractivity contribution in [2.75, 3.05) is 39.3 Å². The van der Waals surface area contributed by atoms with E-state index in [-0.39, 0.29) is 25.6 Å². The van der Waals surface area contributed by atoms with Gasteiger partial charge in [-0.15, -0.1) is 0 Å². The number of aliphatic hydroxyl groups excluding tert-OH is 1. The van der Waals surface area contributed by atoms with Crippen LogP contribution < -0.4 is 5.32 Å². The molecular weight excluding hydrogens is 250 g/mol. The number of hydrogen-bond donors (Lipinski definition) is 2. The Hall–Kier alpha value is -1.47. The predicted octanol–water partition coefficient (Wildman–Crippen LogP) is -1.43. The number of hydrogen-bond acceptors (Lipinski definition) is 5. The first kappa shape index (κ1) is 15.6. The molecule has 0 atom stereocenters. The topological polar surface area (TPSA) is 89.9 Å². The summed E-state index contributed by atoms with van der Waals surface area (Å²) < 4.78 is 0. The number of imide groups is 1. The molecule has 3 amide bonds. The van der Waals surface area contributed by atoms with Gasteiger partial charge >= 0.3 is 0 Å². The molecule has 1 rings (SSSR count). The van der Waals surface area contributed by atoms with Gasteiger partial charge in [0, 0.05) is 19.5 Å². The summed E-state index contributed by atoms with van der Waals surface area (Å²) in [5.41, 5.74) is 0. The highest BCUT2D eigenvalue weighted by Gasteiger charge is 2.23. The molecule has 0 aromatic carbocycles. The summed E-state index contributed by atoms with van der Waals surface area (Å²) in [5, 5.41) is 11.1. The summed E-state index contributed by atoms with van der Waals surface area (Å²) in [7, 11) is 0. The largest absolute Gasteiger partial charge is 0.395 e. The summed E-state index contributed by atoms with van der Waals surface area (Å²) in [6, 6.07) is 0. The van der Waals surface area contributed by atoms with E-state index in [1.54, 1.807) is 4.90 Å². The van der Waals surface area contributed by atoms with Gasteiger partial charge in [0.1, 0.15) is 0 Å². The van der Waals surface area contributed by atoms with E-state index in [1.807, 2.05) is 6.92 Å². The smallest absolute Gasteiger partial charge is 0.246 e. The van der Waals surface area contributed by atoms with E-state index in [0.29, 0.717) is 26.1 Å². The van der Waals surface area contributed by atoms with E-state index in [4.69, 9.17) is 5.11 Å². The zero-order valence-electron chi connectivity index (χ0n) is 11.2. The zero-order chi connectivity index (χ0) is 14.3. The number of aliphatic hydroxyl groups is 1. The average Bonchev–Trinajstić information content (AvgIpc) is 2.74. The molecule has 1 saturated heterocycles. The van der Waals surface area contributed by atoms with E-state index in [1.165, 1.54) is 4.90 Å². The SMILES string of the molecule is CCN(CCO)CC(=O)NC(=O)CN1CCCC1=O. The van der Waals surface area contributed by atoms with Crippen molar-refractivity contribution < 1.29 is 19.5 Å². The molecule has 0 spiro atoms. The lowest BCUT2D eigenvalue weighted by Gasteiger charge is -2.19. The molecule has 0 aliphatic carbocycles. The van der Waals surface area contributed by atoms with Gasteiger partial charge < -0.3 is 10.0 Å². The molecule has 0 radical (unpaired) electrons. The molecule has 0 saturated carbocycles. The lowest BCUT2D eigenvalue weighted by molar-refractivity contribution is -0.136. The van der Waals surface area contributed by atoms with Crippen LogP contribution in [-0.2, 0) is 14.4 Å². The fourth-order valence-electron chi connectivity index (χ4n) is 1.97. The van der Waals surface area contributed by atoms with Gasteiger partial charge in [0.15, 0.2) is 0 Å². The third kappa shape index (κ3) is 5.35. The molecule has 0 unspecified atom stereocenters. The first-order valence-corrected chi connectivity index (χ1v) is 6.50. The zero-order valence-corrected chi connectivity index (χ0v) is 11.2. The lowest BCUT2D eigenvalue weighted by Crippen LogP contribution is -2.45. The maximum atomic E-state index is 11.6. The molecule has 0 aromatic heterocycles. The highest BCUT2D eigenvalue weighted by Crippen LogP contribution is 2.08. The minimum Gasteiger partial charge on any atom is -0.395 e. The predicted molar refractivity (Wildman–Crippen MR) is 68.2 cm³/mol. The van der Waals surface area contributed by atoms with Crippen LogP contribution in [0.5, 0.6) is 0 Å². The number of carbonyl (C=O) groups is 3. The number of amides is 3. The highest BCUT2D eigenvalue weighted by atomic mass is 16.3. The maximum Gasteiger partial charge on any atom is 0.246 e. The maximum absolute atomic E-state index is 11.6. The minimum atomic E-state index is -0.458. The van der Waals surface area contributed by atoms with Crippen molar-refractivity contribution >= 4 is 17.7 Å². The van der Waals surface area contributed by atoms with Crippen LogP contribution in [-0.4, -0.2) is 72.0 Å². The van der Waals surface area contributed by atoms with E-state index in [2.05, 4.69) is 5.32 Å². The van der Waals surface area contributed by atoms with Crippen LogP contribution in [0.2, 0.25) is 0 Å². The first-order chi connectivity index (χ1) is 9.06. The quantitative estimate of drug-likeness (QED) is 0.592. The molecule has 0 bridgehead atoms. The van der Waals surface area contributed by atoms with Gasteiger partial charge in [-0.25, -0.2) is 0 Å². The van der Waals surface area contributed by atoms with Gasteiger partial charge in [-0.3, -0.25) is 24.6 Å². The van der Waals surface area contributed by atoms with Crippen LogP contribution in [0.1, 0.15) is 19.8 Å². The van der Waals surface area contributed by atoms with Crippen LogP contribution in [0.15, 0.2) is 0 Å². The summed E-state index contributed by atoms with van der Waals surface area (Å²) in [6.07, 6.45) is 1.24. The third-order valence-corrected chi connectivity index (χ3v) is 3.02. The number of rotatable bonds is 7. The van der Waals surface area contributed by atoms with E-state index in [0.717, 1.165) is 6.42 Å². The van der Waals surface area contributed by atoms with Gasteiger partial charge in [0.2, 0.25) is 17.7 Å². The highest BCUT2D eigenvalue weighted by molar-refractivity contribution is 5.98. The van der Waals surface area contributed by atoms with E-state index in [9.17, 15) is 14.4 Å². The van der Waals surface area contributed by atoms with Gasteiger partial charge in [-0.2, -0.15) is 0 Å². The molecule has 0 aromatic rings. The van der Waals surface area contributed by atoms with E-state index < -0.39 is 11.8 Å². The first-order valence-electron chi connectivity index (χ1n) is 6.50.